The number of aromatic hydroxyl groups is 1. The van der Waals surface area contributed by atoms with Crippen molar-refractivity contribution < 1.29 is 49.0 Å². The molecule has 0 saturated heterocycles. The van der Waals surface area contributed by atoms with Crippen LogP contribution in [0, 0.1) is 0 Å². The van der Waals surface area contributed by atoms with Gasteiger partial charge in [0, 0.05) is 0 Å². The molecule has 0 bridgehead atoms. The van der Waals surface area contributed by atoms with E-state index in [9.17, 15) is 24.9 Å². The highest BCUT2D eigenvalue weighted by atomic mass is 16.6. The Balaban J connectivity index is 2.07. The van der Waals surface area contributed by atoms with Gasteiger partial charge in [-0.25, -0.2) is 9.59 Å². The smallest absolute Gasteiger partial charge is 0.377 e. The summed E-state index contributed by atoms with van der Waals surface area (Å²) in [5.74, 6) is -4.30. The number of hydrogen-bond acceptors (Lipinski definition) is 10. The number of rotatable bonds is 6. The number of cyclic esters (lactones) is 1. The molecule has 136 valence electrons. The lowest BCUT2D eigenvalue weighted by molar-refractivity contribution is -0.147. The molecule has 2 rings (SSSR count). The number of ether oxygens (including phenoxy) is 4. The lowest BCUT2D eigenvalue weighted by Gasteiger charge is -2.17. The predicted octanol–water partition coefficient (Wildman–Crippen LogP) is 0.180. The van der Waals surface area contributed by atoms with E-state index in [-0.39, 0.29) is 22.8 Å². The number of esters is 2. The molecule has 10 nitrogen and oxygen atoms in total. The van der Waals surface area contributed by atoms with Crippen molar-refractivity contribution in [3.05, 3.63) is 29.2 Å². The largest absolute Gasteiger partial charge is 0.505 e. The third-order valence-corrected chi connectivity index (χ3v) is 3.39. The Bertz CT molecular complexity index is 698. The van der Waals surface area contributed by atoms with Crippen molar-refractivity contribution in [2.24, 2.45) is 0 Å². The minimum atomic E-state index is -1.60. The van der Waals surface area contributed by atoms with Crippen LogP contribution in [0.5, 0.6) is 17.2 Å². The number of phenolic OH excluding ortho intramolecular Hbond substituents is 1. The first-order chi connectivity index (χ1) is 11.8. The van der Waals surface area contributed by atoms with Gasteiger partial charge in [-0.3, -0.25) is 0 Å². The van der Waals surface area contributed by atoms with Crippen LogP contribution in [0.3, 0.4) is 0 Å². The molecular weight excluding hydrogens is 340 g/mol. The Kier molecular flexibility index (Phi) is 5.22. The fraction of sp³-hybridized carbons (Fsp3) is 0.333. The highest BCUT2D eigenvalue weighted by Crippen LogP contribution is 2.37. The number of methoxy groups -OCH3 is 2. The SMILES string of the molecule is COc1cc(C(=O)OC[C@H](O)[C@H]2OC(=O)C(O)=C2O)cc(OC)c1O. The molecule has 1 aromatic rings. The summed E-state index contributed by atoms with van der Waals surface area (Å²) in [6.45, 7) is -0.639. The summed E-state index contributed by atoms with van der Waals surface area (Å²) < 4.78 is 19.2. The number of aliphatic hydroxyl groups is 3. The Morgan fingerprint density at radius 2 is 1.76 bits per heavy atom. The van der Waals surface area contributed by atoms with Crippen molar-refractivity contribution in [1.29, 1.82) is 0 Å². The van der Waals surface area contributed by atoms with E-state index < -0.39 is 42.3 Å². The van der Waals surface area contributed by atoms with E-state index in [2.05, 4.69) is 4.74 Å². The zero-order valence-corrected chi connectivity index (χ0v) is 13.3. The molecule has 0 radical (unpaired) electrons. The van der Waals surface area contributed by atoms with Crippen LogP contribution >= 0.6 is 0 Å². The molecule has 0 aromatic heterocycles. The summed E-state index contributed by atoms with van der Waals surface area (Å²) in [6, 6.07) is 2.40. The van der Waals surface area contributed by atoms with Crippen LogP contribution in [0.15, 0.2) is 23.7 Å². The molecule has 2 atom stereocenters. The second-order valence-corrected chi connectivity index (χ2v) is 4.95. The van der Waals surface area contributed by atoms with Gasteiger partial charge in [0.2, 0.25) is 11.5 Å². The van der Waals surface area contributed by atoms with Gasteiger partial charge in [0.15, 0.2) is 23.4 Å². The highest BCUT2D eigenvalue weighted by molar-refractivity contribution is 5.91. The molecule has 0 amide bonds. The van der Waals surface area contributed by atoms with E-state index >= 15 is 0 Å². The van der Waals surface area contributed by atoms with E-state index in [1.54, 1.807) is 0 Å². The summed E-state index contributed by atoms with van der Waals surface area (Å²) in [7, 11) is 2.56. The summed E-state index contributed by atoms with van der Waals surface area (Å²) in [5.41, 5.74) is -0.0373. The maximum Gasteiger partial charge on any atom is 0.377 e. The Morgan fingerprint density at radius 3 is 2.20 bits per heavy atom. The zero-order chi connectivity index (χ0) is 18.7. The molecule has 0 unspecified atom stereocenters. The van der Waals surface area contributed by atoms with Gasteiger partial charge in [-0.1, -0.05) is 0 Å². The van der Waals surface area contributed by atoms with Gasteiger partial charge in [0.25, 0.3) is 0 Å². The molecule has 1 heterocycles. The zero-order valence-electron chi connectivity index (χ0n) is 13.3. The van der Waals surface area contributed by atoms with Crippen LogP contribution in [-0.4, -0.2) is 65.4 Å². The van der Waals surface area contributed by atoms with Crippen molar-refractivity contribution in [2.75, 3.05) is 20.8 Å². The third kappa shape index (κ3) is 3.53. The number of phenols is 1. The van der Waals surface area contributed by atoms with E-state index in [4.69, 9.17) is 19.3 Å². The van der Waals surface area contributed by atoms with Crippen molar-refractivity contribution in [3.8, 4) is 17.2 Å². The Labute approximate surface area is 141 Å². The highest BCUT2D eigenvalue weighted by Gasteiger charge is 2.39. The fourth-order valence-electron chi connectivity index (χ4n) is 2.07. The molecule has 1 aliphatic rings. The predicted molar refractivity (Wildman–Crippen MR) is 79.7 cm³/mol. The summed E-state index contributed by atoms with van der Waals surface area (Å²) in [5, 5.41) is 38.3. The number of carbonyl (C=O) groups excluding carboxylic acids is 2. The van der Waals surface area contributed by atoms with Gasteiger partial charge in [0.05, 0.1) is 19.8 Å². The molecule has 25 heavy (non-hydrogen) atoms. The molecule has 0 spiro atoms. The van der Waals surface area contributed by atoms with Crippen molar-refractivity contribution in [2.45, 2.75) is 12.2 Å². The first-order valence-electron chi connectivity index (χ1n) is 6.93. The normalized spacial score (nSPS) is 17.9. The average molecular weight is 356 g/mol. The van der Waals surface area contributed by atoms with E-state index in [1.165, 1.54) is 26.4 Å². The molecule has 1 aromatic carbocycles. The summed E-state index contributed by atoms with van der Waals surface area (Å²) in [4.78, 5) is 23.1. The molecule has 0 saturated carbocycles. The van der Waals surface area contributed by atoms with Gasteiger partial charge in [-0.15, -0.1) is 0 Å². The fourth-order valence-corrected chi connectivity index (χ4v) is 2.07. The van der Waals surface area contributed by atoms with Crippen molar-refractivity contribution >= 4 is 11.9 Å². The lowest BCUT2D eigenvalue weighted by Crippen LogP contribution is -2.33. The second kappa shape index (κ2) is 7.18. The van der Waals surface area contributed by atoms with E-state index in [1.807, 2.05) is 0 Å². The summed E-state index contributed by atoms with van der Waals surface area (Å²) >= 11 is 0. The Hall–Kier alpha value is -3.14. The maximum atomic E-state index is 12.1. The second-order valence-electron chi connectivity index (χ2n) is 4.95. The minimum Gasteiger partial charge on any atom is -0.505 e. The third-order valence-electron chi connectivity index (χ3n) is 3.39. The maximum absolute atomic E-state index is 12.1. The van der Waals surface area contributed by atoms with Gasteiger partial charge < -0.3 is 39.4 Å². The van der Waals surface area contributed by atoms with Crippen LogP contribution in [-0.2, 0) is 14.3 Å². The molecule has 0 fully saturated rings. The lowest BCUT2D eigenvalue weighted by atomic mass is 10.1. The van der Waals surface area contributed by atoms with Crippen LogP contribution in [0.1, 0.15) is 10.4 Å². The van der Waals surface area contributed by atoms with Gasteiger partial charge in [0.1, 0.15) is 12.7 Å². The monoisotopic (exact) mass is 356 g/mol. The quantitative estimate of drug-likeness (QED) is 0.519. The topological polar surface area (TPSA) is 152 Å². The molecule has 1 aliphatic heterocycles. The first kappa shape index (κ1) is 18.2. The average Bonchev–Trinajstić information content (AvgIpc) is 2.87. The number of aliphatic hydroxyl groups excluding tert-OH is 3. The van der Waals surface area contributed by atoms with Crippen LogP contribution in [0.25, 0.3) is 0 Å². The van der Waals surface area contributed by atoms with Gasteiger partial charge >= 0.3 is 11.9 Å². The van der Waals surface area contributed by atoms with Crippen molar-refractivity contribution in [3.63, 3.8) is 0 Å². The molecule has 4 N–H and O–H groups in total. The van der Waals surface area contributed by atoms with Crippen molar-refractivity contribution in [1.82, 2.24) is 0 Å². The molecular formula is C15H16O10. The van der Waals surface area contributed by atoms with Gasteiger partial charge in [-0.2, -0.15) is 0 Å². The van der Waals surface area contributed by atoms with Crippen LogP contribution < -0.4 is 9.47 Å². The standard InChI is InChI=1S/C15H16O10/c1-22-8-3-6(4-9(23-2)10(8)17)14(20)24-5-7(16)13-11(18)12(19)15(21)25-13/h3-4,7,13,16-19H,5H2,1-2H3/t7-,13+/m0/s1. The van der Waals surface area contributed by atoms with Crippen LogP contribution in [0.2, 0.25) is 0 Å². The molecule has 10 heteroatoms. The minimum absolute atomic E-state index is 0.0259. The number of carbonyl (C=O) groups is 2. The molecule has 0 aliphatic carbocycles. The van der Waals surface area contributed by atoms with Crippen LogP contribution in [0.4, 0.5) is 0 Å². The summed E-state index contributed by atoms with van der Waals surface area (Å²) in [6.07, 6.45) is -3.14. The van der Waals surface area contributed by atoms with Gasteiger partial charge in [-0.05, 0) is 12.1 Å². The van der Waals surface area contributed by atoms with E-state index in [0.717, 1.165) is 0 Å². The Morgan fingerprint density at radius 1 is 1.20 bits per heavy atom. The number of benzene rings is 1. The number of hydrogen-bond donors (Lipinski definition) is 4. The van der Waals surface area contributed by atoms with E-state index in [0.29, 0.717) is 0 Å². The first-order valence-corrected chi connectivity index (χ1v) is 6.93.